The molecule has 5 nitrogen and oxygen atoms in total. The van der Waals surface area contributed by atoms with Crippen LogP contribution >= 0.6 is 11.6 Å². The summed E-state index contributed by atoms with van der Waals surface area (Å²) in [4.78, 5) is 11.9. The summed E-state index contributed by atoms with van der Waals surface area (Å²) < 4.78 is 11.2. The lowest BCUT2D eigenvalue weighted by Crippen LogP contribution is -2.24. The third-order valence-electron chi connectivity index (χ3n) is 4.15. The highest BCUT2D eigenvalue weighted by molar-refractivity contribution is 6.31. The topological polar surface area (TPSA) is 63.8 Å². The van der Waals surface area contributed by atoms with E-state index in [2.05, 4.69) is 10.5 Å². The predicted molar refractivity (Wildman–Crippen MR) is 111 cm³/mol. The molecule has 0 aliphatic rings. The average Bonchev–Trinajstić information content (AvgIpc) is 3.12. The van der Waals surface area contributed by atoms with Crippen molar-refractivity contribution in [2.24, 2.45) is 5.10 Å². The molecular formula is C22H21ClN2O3. The van der Waals surface area contributed by atoms with E-state index in [4.69, 9.17) is 20.8 Å². The molecule has 0 fully saturated rings. The van der Waals surface area contributed by atoms with E-state index in [0.29, 0.717) is 22.3 Å². The van der Waals surface area contributed by atoms with Gasteiger partial charge in [-0.2, -0.15) is 5.10 Å². The zero-order valence-electron chi connectivity index (χ0n) is 16.0. The van der Waals surface area contributed by atoms with Crippen molar-refractivity contribution in [2.45, 2.75) is 20.8 Å². The molecular weight excluding hydrogens is 376 g/mol. The molecule has 1 aromatic heterocycles. The first-order valence-electron chi connectivity index (χ1n) is 8.80. The maximum Gasteiger partial charge on any atom is 0.277 e. The van der Waals surface area contributed by atoms with Crippen LogP contribution in [0, 0.1) is 20.8 Å². The maximum absolute atomic E-state index is 11.9. The van der Waals surface area contributed by atoms with Gasteiger partial charge in [0.15, 0.2) is 6.61 Å². The van der Waals surface area contributed by atoms with Crippen molar-refractivity contribution >= 4 is 23.7 Å². The summed E-state index contributed by atoms with van der Waals surface area (Å²) in [6.07, 6.45) is 1.44. The number of benzene rings is 2. The molecule has 0 saturated heterocycles. The number of carbonyl (C=O) groups is 1. The number of aryl methyl sites for hydroxylation is 3. The van der Waals surface area contributed by atoms with Crippen LogP contribution in [0.1, 0.15) is 22.5 Å². The average molecular weight is 397 g/mol. The Morgan fingerprint density at radius 1 is 1.11 bits per heavy atom. The number of hydrogen-bond acceptors (Lipinski definition) is 4. The molecule has 0 aliphatic heterocycles. The number of amides is 1. The lowest BCUT2D eigenvalue weighted by Gasteiger charge is -2.08. The van der Waals surface area contributed by atoms with Crippen molar-refractivity contribution in [3.63, 3.8) is 0 Å². The summed E-state index contributed by atoms with van der Waals surface area (Å²) in [5.74, 6) is 1.51. The zero-order valence-corrected chi connectivity index (χ0v) is 16.7. The summed E-state index contributed by atoms with van der Waals surface area (Å²) in [7, 11) is 0. The fourth-order valence-electron chi connectivity index (χ4n) is 2.63. The molecule has 3 aromatic rings. The van der Waals surface area contributed by atoms with Crippen LogP contribution in [0.3, 0.4) is 0 Å². The summed E-state index contributed by atoms with van der Waals surface area (Å²) in [6.45, 7) is 5.77. The van der Waals surface area contributed by atoms with Crippen LogP contribution in [0.2, 0.25) is 5.02 Å². The van der Waals surface area contributed by atoms with E-state index in [1.165, 1.54) is 6.21 Å². The van der Waals surface area contributed by atoms with Crippen LogP contribution < -0.4 is 10.2 Å². The molecule has 0 saturated carbocycles. The van der Waals surface area contributed by atoms with Crippen LogP contribution in [0.15, 0.2) is 58.0 Å². The van der Waals surface area contributed by atoms with Crippen LogP contribution in [0.4, 0.5) is 0 Å². The van der Waals surface area contributed by atoms with Gasteiger partial charge in [0.25, 0.3) is 5.91 Å². The first-order chi connectivity index (χ1) is 13.4. The van der Waals surface area contributed by atoms with Crippen LogP contribution in [-0.2, 0) is 4.79 Å². The first-order valence-corrected chi connectivity index (χ1v) is 9.18. The number of ether oxygens (including phenoxy) is 1. The van der Waals surface area contributed by atoms with Gasteiger partial charge in [0, 0.05) is 10.6 Å². The zero-order chi connectivity index (χ0) is 20.1. The van der Waals surface area contributed by atoms with Gasteiger partial charge in [-0.25, -0.2) is 5.43 Å². The third kappa shape index (κ3) is 5.02. The van der Waals surface area contributed by atoms with Crippen molar-refractivity contribution in [1.82, 2.24) is 5.43 Å². The number of carbonyl (C=O) groups excluding carboxylic acids is 1. The summed E-state index contributed by atoms with van der Waals surface area (Å²) in [5, 5.41) is 4.59. The Labute approximate surface area is 169 Å². The lowest BCUT2D eigenvalue weighted by molar-refractivity contribution is -0.123. The second kappa shape index (κ2) is 8.76. The molecule has 0 atom stereocenters. The molecule has 1 amide bonds. The van der Waals surface area contributed by atoms with Crippen molar-refractivity contribution in [3.05, 3.63) is 76.0 Å². The predicted octanol–water partition coefficient (Wildman–Crippen LogP) is 5.05. The minimum atomic E-state index is -0.353. The highest BCUT2D eigenvalue weighted by Gasteiger charge is 2.07. The largest absolute Gasteiger partial charge is 0.483 e. The van der Waals surface area contributed by atoms with Crippen LogP contribution in [0.25, 0.3) is 11.3 Å². The number of nitrogens with one attached hydrogen (secondary N) is 1. The van der Waals surface area contributed by atoms with E-state index in [-0.39, 0.29) is 12.5 Å². The van der Waals surface area contributed by atoms with E-state index in [1.807, 2.05) is 63.2 Å². The molecule has 2 aromatic carbocycles. The van der Waals surface area contributed by atoms with Crippen molar-refractivity contribution in [3.8, 4) is 17.1 Å². The van der Waals surface area contributed by atoms with Crippen molar-refractivity contribution < 1.29 is 13.9 Å². The van der Waals surface area contributed by atoms with E-state index in [1.54, 1.807) is 6.07 Å². The summed E-state index contributed by atoms with van der Waals surface area (Å²) >= 11 is 6.15. The highest BCUT2D eigenvalue weighted by atomic mass is 35.5. The van der Waals surface area contributed by atoms with E-state index < -0.39 is 0 Å². The number of rotatable bonds is 6. The Kier molecular flexibility index (Phi) is 6.16. The quantitative estimate of drug-likeness (QED) is 0.468. The Morgan fingerprint density at radius 3 is 2.68 bits per heavy atom. The Bertz CT molecular complexity index is 1020. The van der Waals surface area contributed by atoms with E-state index >= 15 is 0 Å². The molecule has 0 bridgehead atoms. The SMILES string of the molecule is Cc1ccc(OCC(=O)N/N=C/c2ccc(-c3ccc(C)c(Cl)c3)o2)c(C)c1. The van der Waals surface area contributed by atoms with Gasteiger partial charge in [-0.3, -0.25) is 4.79 Å². The fraction of sp³-hybridized carbons (Fsp3) is 0.182. The summed E-state index contributed by atoms with van der Waals surface area (Å²) in [6, 6.07) is 15.1. The molecule has 28 heavy (non-hydrogen) atoms. The second-order valence-electron chi connectivity index (χ2n) is 6.52. The number of nitrogens with zero attached hydrogens (tertiary/aromatic N) is 1. The molecule has 1 N–H and O–H groups in total. The molecule has 0 spiro atoms. The van der Waals surface area contributed by atoms with Crippen molar-refractivity contribution in [2.75, 3.05) is 6.61 Å². The second-order valence-corrected chi connectivity index (χ2v) is 6.92. The summed E-state index contributed by atoms with van der Waals surface area (Å²) in [5.41, 5.74) is 6.43. The van der Waals surface area contributed by atoms with Gasteiger partial charge >= 0.3 is 0 Å². The smallest absolute Gasteiger partial charge is 0.277 e. The molecule has 1 heterocycles. The van der Waals surface area contributed by atoms with Gasteiger partial charge in [-0.15, -0.1) is 0 Å². The minimum Gasteiger partial charge on any atom is -0.483 e. The normalized spacial score (nSPS) is 11.0. The Morgan fingerprint density at radius 2 is 1.93 bits per heavy atom. The highest BCUT2D eigenvalue weighted by Crippen LogP contribution is 2.26. The fourth-order valence-corrected chi connectivity index (χ4v) is 2.81. The van der Waals surface area contributed by atoms with Gasteiger partial charge in [0.2, 0.25) is 0 Å². The van der Waals surface area contributed by atoms with Crippen LogP contribution in [-0.4, -0.2) is 18.7 Å². The molecule has 144 valence electrons. The molecule has 6 heteroatoms. The lowest BCUT2D eigenvalue weighted by atomic mass is 10.1. The number of furan rings is 1. The monoisotopic (exact) mass is 396 g/mol. The van der Waals surface area contributed by atoms with Crippen molar-refractivity contribution in [1.29, 1.82) is 0 Å². The molecule has 0 radical (unpaired) electrons. The Balaban J connectivity index is 1.53. The minimum absolute atomic E-state index is 0.119. The number of hydrogen-bond donors (Lipinski definition) is 1. The van der Waals surface area contributed by atoms with Gasteiger partial charge in [0.1, 0.15) is 17.3 Å². The van der Waals surface area contributed by atoms with Gasteiger partial charge in [0.05, 0.1) is 6.21 Å². The van der Waals surface area contributed by atoms with Crippen LogP contribution in [0.5, 0.6) is 5.75 Å². The third-order valence-corrected chi connectivity index (χ3v) is 4.56. The number of halogens is 1. The van der Waals surface area contributed by atoms with Gasteiger partial charge < -0.3 is 9.15 Å². The van der Waals surface area contributed by atoms with Gasteiger partial charge in [-0.05, 0) is 56.2 Å². The first kappa shape index (κ1) is 19.7. The number of hydrazone groups is 1. The maximum atomic E-state index is 11.9. The van der Waals surface area contributed by atoms with E-state index in [9.17, 15) is 4.79 Å². The molecule has 3 rings (SSSR count). The molecule has 0 aliphatic carbocycles. The Hall–Kier alpha value is -3.05. The standard InChI is InChI=1S/C22H21ClN2O3/c1-14-4-8-20(16(3)10-14)27-13-22(26)25-24-12-18-7-9-21(28-18)17-6-5-15(2)19(23)11-17/h4-12H,13H2,1-3H3,(H,25,26)/b24-12+. The molecule has 0 unspecified atom stereocenters. The van der Waals surface area contributed by atoms with E-state index in [0.717, 1.165) is 22.3 Å². The van der Waals surface area contributed by atoms with Gasteiger partial charge in [-0.1, -0.05) is 41.4 Å².